The Hall–Kier alpha value is -0.910. The van der Waals surface area contributed by atoms with E-state index in [0.29, 0.717) is 12.6 Å². The highest BCUT2D eigenvalue weighted by Crippen LogP contribution is 2.42. The highest BCUT2D eigenvalue weighted by atomic mass is 79.9. The van der Waals surface area contributed by atoms with Crippen molar-refractivity contribution >= 4 is 27.5 Å². The molecular weight excluding hydrogens is 332 g/mol. The molecule has 0 spiro atoms. The summed E-state index contributed by atoms with van der Waals surface area (Å²) in [5.41, 5.74) is 0.869. The summed E-state index contributed by atoms with van der Waals surface area (Å²) in [6.45, 7) is 7.43. The van der Waals surface area contributed by atoms with Crippen LogP contribution in [-0.4, -0.2) is 31.2 Å². The van der Waals surface area contributed by atoms with Gasteiger partial charge >= 0.3 is 0 Å². The minimum atomic E-state index is -0.0300. The molecule has 0 bridgehead atoms. The van der Waals surface area contributed by atoms with Crippen molar-refractivity contribution in [2.45, 2.75) is 39.3 Å². The number of rotatable bonds is 6. The van der Waals surface area contributed by atoms with E-state index in [4.69, 9.17) is 4.74 Å². The van der Waals surface area contributed by atoms with Crippen molar-refractivity contribution in [2.24, 2.45) is 5.41 Å². The number of para-hydroxylation sites is 1. The SMILES string of the molecule is CCOC1CC(NCC(=O)Nc2ccccc2Br)C1(C)C. The third kappa shape index (κ3) is 3.84. The van der Waals surface area contributed by atoms with E-state index in [9.17, 15) is 4.79 Å². The summed E-state index contributed by atoms with van der Waals surface area (Å²) >= 11 is 3.42. The highest BCUT2D eigenvalue weighted by molar-refractivity contribution is 9.10. The van der Waals surface area contributed by atoms with E-state index >= 15 is 0 Å². The Labute approximate surface area is 134 Å². The van der Waals surface area contributed by atoms with Crippen LogP contribution in [0.5, 0.6) is 0 Å². The van der Waals surface area contributed by atoms with Crippen molar-refractivity contribution in [3.05, 3.63) is 28.7 Å². The van der Waals surface area contributed by atoms with Crippen molar-refractivity contribution in [1.82, 2.24) is 5.32 Å². The fraction of sp³-hybridized carbons (Fsp3) is 0.562. The maximum atomic E-state index is 12.0. The van der Waals surface area contributed by atoms with Gasteiger partial charge in [0.2, 0.25) is 5.91 Å². The van der Waals surface area contributed by atoms with E-state index in [-0.39, 0.29) is 17.4 Å². The Bertz CT molecular complexity index is 505. The number of anilines is 1. The topological polar surface area (TPSA) is 50.4 Å². The van der Waals surface area contributed by atoms with E-state index in [2.05, 4.69) is 40.4 Å². The second kappa shape index (κ2) is 6.90. The lowest BCUT2D eigenvalue weighted by atomic mass is 9.64. The van der Waals surface area contributed by atoms with E-state index in [0.717, 1.165) is 23.2 Å². The predicted octanol–water partition coefficient (Wildman–Crippen LogP) is 3.18. The molecule has 1 saturated carbocycles. The summed E-state index contributed by atoms with van der Waals surface area (Å²) in [6.07, 6.45) is 1.25. The number of hydrogen-bond donors (Lipinski definition) is 2. The van der Waals surface area contributed by atoms with Crippen molar-refractivity contribution in [3.63, 3.8) is 0 Å². The molecule has 116 valence electrons. The molecule has 0 aliphatic heterocycles. The summed E-state index contributed by atoms with van der Waals surface area (Å²) < 4.78 is 6.58. The van der Waals surface area contributed by atoms with Gasteiger partial charge in [-0.15, -0.1) is 0 Å². The minimum absolute atomic E-state index is 0.0300. The van der Waals surface area contributed by atoms with Gasteiger partial charge in [-0.2, -0.15) is 0 Å². The molecule has 2 atom stereocenters. The molecule has 1 fully saturated rings. The monoisotopic (exact) mass is 354 g/mol. The van der Waals surface area contributed by atoms with Crippen LogP contribution in [0.3, 0.4) is 0 Å². The maximum Gasteiger partial charge on any atom is 0.238 e. The molecule has 4 nitrogen and oxygen atoms in total. The fourth-order valence-electron chi connectivity index (χ4n) is 2.69. The van der Waals surface area contributed by atoms with Gasteiger partial charge in [-0.1, -0.05) is 26.0 Å². The molecule has 21 heavy (non-hydrogen) atoms. The van der Waals surface area contributed by atoms with Crippen LogP contribution in [0.4, 0.5) is 5.69 Å². The van der Waals surface area contributed by atoms with E-state index in [1.165, 1.54) is 0 Å². The number of nitrogens with one attached hydrogen (secondary N) is 2. The number of benzene rings is 1. The molecular formula is C16H23BrN2O2. The van der Waals surface area contributed by atoms with Crippen LogP contribution < -0.4 is 10.6 Å². The van der Waals surface area contributed by atoms with Crippen LogP contribution in [-0.2, 0) is 9.53 Å². The zero-order valence-electron chi connectivity index (χ0n) is 12.8. The Kier molecular flexibility index (Phi) is 5.41. The molecule has 0 heterocycles. The summed E-state index contributed by atoms with van der Waals surface area (Å²) in [7, 11) is 0. The molecule has 0 aromatic heterocycles. The summed E-state index contributed by atoms with van der Waals surface area (Å²) in [6, 6.07) is 7.92. The Morgan fingerprint density at radius 1 is 1.43 bits per heavy atom. The van der Waals surface area contributed by atoms with Crippen LogP contribution in [0.15, 0.2) is 28.7 Å². The van der Waals surface area contributed by atoms with Crippen LogP contribution in [0.1, 0.15) is 27.2 Å². The lowest BCUT2D eigenvalue weighted by molar-refractivity contribution is -0.123. The maximum absolute atomic E-state index is 12.0. The van der Waals surface area contributed by atoms with E-state index in [1.54, 1.807) is 0 Å². The number of halogens is 1. The molecule has 2 rings (SSSR count). The largest absolute Gasteiger partial charge is 0.378 e. The smallest absolute Gasteiger partial charge is 0.238 e. The van der Waals surface area contributed by atoms with E-state index < -0.39 is 0 Å². The average Bonchev–Trinajstić information content (AvgIpc) is 2.44. The third-order valence-electron chi connectivity index (χ3n) is 4.20. The molecule has 5 heteroatoms. The van der Waals surface area contributed by atoms with E-state index in [1.807, 2.05) is 31.2 Å². The van der Waals surface area contributed by atoms with Crippen molar-refractivity contribution < 1.29 is 9.53 Å². The molecule has 1 aromatic carbocycles. The molecule has 0 saturated heterocycles. The zero-order valence-corrected chi connectivity index (χ0v) is 14.4. The van der Waals surface area contributed by atoms with Crippen molar-refractivity contribution in [3.8, 4) is 0 Å². The molecule has 1 aliphatic rings. The normalized spacial score (nSPS) is 23.4. The second-order valence-electron chi connectivity index (χ2n) is 5.96. The van der Waals surface area contributed by atoms with Crippen LogP contribution in [0, 0.1) is 5.41 Å². The average molecular weight is 355 g/mol. The van der Waals surface area contributed by atoms with Gasteiger partial charge in [0.15, 0.2) is 0 Å². The summed E-state index contributed by atoms with van der Waals surface area (Å²) in [5, 5.41) is 6.23. The quantitative estimate of drug-likeness (QED) is 0.824. The Morgan fingerprint density at radius 2 is 2.14 bits per heavy atom. The van der Waals surface area contributed by atoms with Gasteiger partial charge in [-0.05, 0) is 41.4 Å². The first-order valence-electron chi connectivity index (χ1n) is 7.34. The number of ether oxygens (including phenoxy) is 1. The van der Waals surface area contributed by atoms with Gasteiger partial charge in [0.05, 0.1) is 18.3 Å². The first kappa shape index (κ1) is 16.5. The number of carbonyl (C=O) groups excluding carboxylic acids is 1. The standard InChI is InChI=1S/C16H23BrN2O2/c1-4-21-14-9-13(16(14,2)3)18-10-15(20)19-12-8-6-5-7-11(12)17/h5-8,13-14,18H,4,9-10H2,1-3H3,(H,19,20). The Morgan fingerprint density at radius 3 is 2.76 bits per heavy atom. The van der Waals surface area contributed by atoms with Crippen molar-refractivity contribution in [2.75, 3.05) is 18.5 Å². The van der Waals surface area contributed by atoms with Crippen LogP contribution >= 0.6 is 15.9 Å². The van der Waals surface area contributed by atoms with Gasteiger partial charge < -0.3 is 15.4 Å². The summed E-state index contributed by atoms with van der Waals surface area (Å²) in [5.74, 6) is -0.0300. The summed E-state index contributed by atoms with van der Waals surface area (Å²) in [4.78, 5) is 12.0. The first-order valence-corrected chi connectivity index (χ1v) is 8.13. The lowest BCUT2D eigenvalue weighted by Crippen LogP contribution is -2.61. The minimum Gasteiger partial charge on any atom is -0.378 e. The van der Waals surface area contributed by atoms with Gasteiger partial charge in [-0.25, -0.2) is 0 Å². The molecule has 2 unspecified atom stereocenters. The van der Waals surface area contributed by atoms with Gasteiger partial charge in [0, 0.05) is 22.5 Å². The van der Waals surface area contributed by atoms with Gasteiger partial charge in [0.25, 0.3) is 0 Å². The third-order valence-corrected chi connectivity index (χ3v) is 4.89. The van der Waals surface area contributed by atoms with Gasteiger partial charge in [-0.3, -0.25) is 4.79 Å². The molecule has 1 amide bonds. The van der Waals surface area contributed by atoms with Crippen LogP contribution in [0.2, 0.25) is 0 Å². The zero-order chi connectivity index (χ0) is 15.5. The van der Waals surface area contributed by atoms with Crippen LogP contribution in [0.25, 0.3) is 0 Å². The molecule has 1 aliphatic carbocycles. The molecule has 1 aromatic rings. The molecule has 0 radical (unpaired) electrons. The highest BCUT2D eigenvalue weighted by Gasteiger charge is 2.48. The molecule has 2 N–H and O–H groups in total. The number of amides is 1. The first-order chi connectivity index (χ1) is 9.95. The second-order valence-corrected chi connectivity index (χ2v) is 6.82. The number of carbonyl (C=O) groups is 1. The fourth-order valence-corrected chi connectivity index (χ4v) is 3.07. The van der Waals surface area contributed by atoms with Crippen molar-refractivity contribution in [1.29, 1.82) is 0 Å². The Balaban J connectivity index is 1.79. The number of hydrogen-bond acceptors (Lipinski definition) is 3. The lowest BCUT2D eigenvalue weighted by Gasteiger charge is -2.51. The van der Waals surface area contributed by atoms with Gasteiger partial charge in [0.1, 0.15) is 0 Å². The predicted molar refractivity (Wildman–Crippen MR) is 88.4 cm³/mol.